The van der Waals surface area contributed by atoms with Crippen LogP contribution in [0.3, 0.4) is 0 Å². The van der Waals surface area contributed by atoms with E-state index in [1.807, 2.05) is 0 Å². The number of rotatable bonds is 2. The lowest BCUT2D eigenvalue weighted by Gasteiger charge is -2.27. The van der Waals surface area contributed by atoms with Gasteiger partial charge in [0.2, 0.25) is 5.91 Å². The number of hydrogen-bond donors (Lipinski definition) is 1. The van der Waals surface area contributed by atoms with Gasteiger partial charge in [0, 0.05) is 13.1 Å². The fraction of sp³-hybridized carbons (Fsp3) is 0.562. The molecule has 1 amide bonds. The summed E-state index contributed by atoms with van der Waals surface area (Å²) in [6.45, 7) is 4.88. The van der Waals surface area contributed by atoms with E-state index in [0.717, 1.165) is 38.9 Å². The van der Waals surface area contributed by atoms with Crippen molar-refractivity contribution in [2.45, 2.75) is 32.2 Å². The van der Waals surface area contributed by atoms with E-state index >= 15 is 0 Å². The summed E-state index contributed by atoms with van der Waals surface area (Å²) in [7, 11) is 0. The zero-order chi connectivity index (χ0) is 13.2. The maximum absolute atomic E-state index is 12.6. The third-order valence-electron chi connectivity index (χ3n) is 4.37. The molecule has 0 aliphatic carbocycles. The molecule has 3 nitrogen and oxygen atoms in total. The topological polar surface area (TPSA) is 32.3 Å². The van der Waals surface area contributed by atoms with Gasteiger partial charge in [-0.1, -0.05) is 29.8 Å². The fourth-order valence-corrected chi connectivity index (χ4v) is 3.35. The van der Waals surface area contributed by atoms with Crippen LogP contribution in [0.2, 0.25) is 0 Å². The van der Waals surface area contributed by atoms with Crippen LogP contribution in [0, 0.1) is 12.8 Å². The van der Waals surface area contributed by atoms with Gasteiger partial charge in [0.15, 0.2) is 0 Å². The van der Waals surface area contributed by atoms with Crippen molar-refractivity contribution in [1.82, 2.24) is 10.2 Å². The van der Waals surface area contributed by atoms with Gasteiger partial charge < -0.3 is 10.2 Å². The van der Waals surface area contributed by atoms with Crippen molar-refractivity contribution >= 4 is 5.91 Å². The molecule has 2 heterocycles. The lowest BCUT2D eigenvalue weighted by Crippen LogP contribution is -2.36. The first kappa shape index (κ1) is 12.7. The first-order valence-electron chi connectivity index (χ1n) is 7.33. The van der Waals surface area contributed by atoms with Gasteiger partial charge >= 0.3 is 0 Å². The molecule has 3 heteroatoms. The van der Waals surface area contributed by atoms with E-state index in [0.29, 0.717) is 11.9 Å². The van der Waals surface area contributed by atoms with Gasteiger partial charge in [-0.15, -0.1) is 0 Å². The summed E-state index contributed by atoms with van der Waals surface area (Å²) >= 11 is 0. The van der Waals surface area contributed by atoms with E-state index < -0.39 is 0 Å². The van der Waals surface area contributed by atoms with Gasteiger partial charge in [0.1, 0.15) is 0 Å². The van der Waals surface area contributed by atoms with E-state index in [9.17, 15) is 4.79 Å². The van der Waals surface area contributed by atoms with Crippen molar-refractivity contribution in [2.75, 3.05) is 19.6 Å². The molecule has 0 radical (unpaired) electrons. The minimum absolute atomic E-state index is 0.199. The highest BCUT2D eigenvalue weighted by molar-refractivity contribution is 5.80. The van der Waals surface area contributed by atoms with Gasteiger partial charge in [0.05, 0.1) is 12.0 Å². The minimum Gasteiger partial charge on any atom is -0.335 e. The monoisotopic (exact) mass is 258 g/mol. The average molecular weight is 258 g/mol. The molecule has 2 aliphatic heterocycles. The number of hydrogen-bond acceptors (Lipinski definition) is 2. The number of aryl methyl sites for hydroxylation is 1. The Bertz CT molecular complexity index is 466. The molecule has 2 unspecified atom stereocenters. The molecule has 0 saturated carbocycles. The van der Waals surface area contributed by atoms with Gasteiger partial charge in [-0.25, -0.2) is 0 Å². The van der Waals surface area contributed by atoms with Crippen LogP contribution in [0.5, 0.6) is 0 Å². The van der Waals surface area contributed by atoms with Gasteiger partial charge in [-0.2, -0.15) is 0 Å². The van der Waals surface area contributed by atoms with E-state index in [2.05, 4.69) is 41.4 Å². The third-order valence-corrected chi connectivity index (χ3v) is 4.37. The Kier molecular flexibility index (Phi) is 3.56. The summed E-state index contributed by atoms with van der Waals surface area (Å²) in [4.78, 5) is 14.7. The van der Waals surface area contributed by atoms with Crippen molar-refractivity contribution in [3.05, 3.63) is 35.4 Å². The van der Waals surface area contributed by atoms with Crippen LogP contribution < -0.4 is 5.32 Å². The number of carbonyl (C=O) groups excluding carboxylic acids is 1. The second-order valence-electron chi connectivity index (χ2n) is 5.79. The molecule has 1 aromatic rings. The van der Waals surface area contributed by atoms with Crippen LogP contribution in [-0.2, 0) is 4.79 Å². The lowest BCUT2D eigenvalue weighted by molar-refractivity contribution is -0.135. The smallest absolute Gasteiger partial charge is 0.227 e. The Hall–Kier alpha value is -1.35. The summed E-state index contributed by atoms with van der Waals surface area (Å²) in [5.74, 6) is 0.555. The molecule has 0 spiro atoms. The third kappa shape index (κ3) is 2.52. The zero-order valence-corrected chi connectivity index (χ0v) is 11.6. The minimum atomic E-state index is 0.199. The highest BCUT2D eigenvalue weighted by atomic mass is 16.2. The second-order valence-corrected chi connectivity index (χ2v) is 5.79. The van der Waals surface area contributed by atoms with Crippen LogP contribution in [0.4, 0.5) is 0 Å². The summed E-state index contributed by atoms with van der Waals surface area (Å²) in [5, 5.41) is 3.29. The molecule has 2 aliphatic rings. The number of nitrogens with zero attached hydrogens (tertiary/aromatic N) is 1. The first-order valence-corrected chi connectivity index (χ1v) is 7.33. The van der Waals surface area contributed by atoms with Crippen LogP contribution in [0.1, 0.15) is 36.4 Å². The van der Waals surface area contributed by atoms with Crippen LogP contribution in [0.25, 0.3) is 0 Å². The molecule has 0 aromatic heterocycles. The normalized spacial score (nSPS) is 26.9. The van der Waals surface area contributed by atoms with Gasteiger partial charge in [0.25, 0.3) is 0 Å². The van der Waals surface area contributed by atoms with Crippen molar-refractivity contribution in [1.29, 1.82) is 0 Å². The summed E-state index contributed by atoms with van der Waals surface area (Å²) in [5.41, 5.74) is 2.58. The molecule has 2 atom stereocenters. The second kappa shape index (κ2) is 5.33. The molecule has 2 saturated heterocycles. The summed E-state index contributed by atoms with van der Waals surface area (Å²) < 4.78 is 0. The number of likely N-dealkylation sites (tertiary alicyclic amines) is 1. The molecule has 19 heavy (non-hydrogen) atoms. The Morgan fingerprint density at radius 1 is 1.37 bits per heavy atom. The highest BCUT2D eigenvalue weighted by Gasteiger charge is 2.34. The Balaban J connectivity index is 1.79. The number of carbonyl (C=O) groups is 1. The van der Waals surface area contributed by atoms with Gasteiger partial charge in [-0.3, -0.25) is 4.79 Å². The fourth-order valence-electron chi connectivity index (χ4n) is 3.35. The molecule has 0 bridgehead atoms. The molecule has 1 aromatic carbocycles. The first-order chi connectivity index (χ1) is 9.25. The van der Waals surface area contributed by atoms with Crippen LogP contribution in [0.15, 0.2) is 24.3 Å². The van der Waals surface area contributed by atoms with Gasteiger partial charge in [-0.05, 0) is 38.3 Å². The summed E-state index contributed by atoms with van der Waals surface area (Å²) in [6.07, 6.45) is 3.23. The standard InChI is InChI=1S/C16H22N2O/c1-12-4-2-5-13(10-12)15-6-3-9-18(15)16(19)14-7-8-17-11-14/h2,4-5,10,14-15,17H,3,6-9,11H2,1H3. The quantitative estimate of drug-likeness (QED) is 0.882. The van der Waals surface area contributed by atoms with E-state index in [-0.39, 0.29) is 5.92 Å². The predicted octanol–water partition coefficient (Wildman–Crippen LogP) is 2.27. The Labute approximate surface area is 115 Å². The Morgan fingerprint density at radius 3 is 3.00 bits per heavy atom. The largest absolute Gasteiger partial charge is 0.335 e. The SMILES string of the molecule is Cc1cccc(C2CCCN2C(=O)C2CCNC2)c1. The average Bonchev–Trinajstić information content (AvgIpc) is 3.09. The molecular weight excluding hydrogens is 236 g/mol. The van der Waals surface area contributed by atoms with Crippen molar-refractivity contribution < 1.29 is 4.79 Å². The van der Waals surface area contributed by atoms with E-state index in [1.54, 1.807) is 0 Å². The maximum Gasteiger partial charge on any atom is 0.227 e. The number of benzene rings is 1. The van der Waals surface area contributed by atoms with Crippen LogP contribution in [-0.4, -0.2) is 30.4 Å². The molecule has 102 valence electrons. The maximum atomic E-state index is 12.6. The molecule has 1 N–H and O–H groups in total. The van der Waals surface area contributed by atoms with E-state index in [4.69, 9.17) is 0 Å². The molecule has 3 rings (SSSR count). The number of amides is 1. The van der Waals surface area contributed by atoms with Crippen molar-refractivity contribution in [3.8, 4) is 0 Å². The molecule has 2 fully saturated rings. The zero-order valence-electron chi connectivity index (χ0n) is 11.6. The Morgan fingerprint density at radius 2 is 2.26 bits per heavy atom. The highest BCUT2D eigenvalue weighted by Crippen LogP contribution is 2.34. The lowest BCUT2D eigenvalue weighted by atomic mass is 10.0. The predicted molar refractivity (Wildman–Crippen MR) is 75.8 cm³/mol. The van der Waals surface area contributed by atoms with Crippen molar-refractivity contribution in [2.24, 2.45) is 5.92 Å². The van der Waals surface area contributed by atoms with Crippen molar-refractivity contribution in [3.63, 3.8) is 0 Å². The van der Waals surface area contributed by atoms with Crippen LogP contribution >= 0.6 is 0 Å². The number of nitrogens with one attached hydrogen (secondary N) is 1. The van der Waals surface area contributed by atoms with E-state index in [1.165, 1.54) is 11.1 Å². The molecular formula is C16H22N2O. The summed E-state index contributed by atoms with van der Waals surface area (Å²) in [6, 6.07) is 8.90.